The lowest BCUT2D eigenvalue weighted by Crippen LogP contribution is -2.26. The molecule has 6 heteroatoms. The van der Waals surface area contributed by atoms with Gasteiger partial charge >= 0.3 is 5.97 Å². The van der Waals surface area contributed by atoms with Crippen LogP contribution >= 0.6 is 0 Å². The first kappa shape index (κ1) is 21.2. The Morgan fingerprint density at radius 3 is 2.56 bits per heavy atom. The lowest BCUT2D eigenvalue weighted by molar-refractivity contribution is -0.152. The number of hydrogen-bond donors (Lipinski definition) is 0. The molecule has 0 unspecified atom stereocenters. The third-order valence-corrected chi connectivity index (χ3v) is 4.80. The molecule has 1 aromatic heterocycles. The second-order valence-electron chi connectivity index (χ2n) is 7.36. The number of esters is 1. The van der Waals surface area contributed by atoms with Crippen molar-refractivity contribution in [3.05, 3.63) is 100 Å². The van der Waals surface area contributed by atoms with Gasteiger partial charge in [-0.25, -0.2) is 4.79 Å². The zero-order chi connectivity index (χ0) is 22.5. The van der Waals surface area contributed by atoms with Crippen LogP contribution in [0, 0.1) is 6.92 Å². The predicted molar refractivity (Wildman–Crippen MR) is 120 cm³/mol. The summed E-state index contributed by atoms with van der Waals surface area (Å²) in [4.78, 5) is 25.0. The molecule has 0 bridgehead atoms. The number of carbonyl (C=O) groups excluding carboxylic acids is 1. The average Bonchev–Trinajstić information content (AvgIpc) is 2.80. The number of fused-ring (bicyclic) bond motifs is 1. The van der Waals surface area contributed by atoms with Crippen molar-refractivity contribution in [2.75, 3.05) is 0 Å². The van der Waals surface area contributed by atoms with Crippen LogP contribution in [0.25, 0.3) is 11.0 Å². The molecule has 3 aromatic carbocycles. The maximum Gasteiger partial charge on any atom is 0.347 e. The fraction of sp³-hybridized carbons (Fsp3) is 0.154. The molecule has 6 nitrogen and oxygen atoms in total. The lowest BCUT2D eigenvalue weighted by atomic mass is 10.2. The van der Waals surface area contributed by atoms with Gasteiger partial charge in [0.25, 0.3) is 0 Å². The van der Waals surface area contributed by atoms with Gasteiger partial charge in [0.2, 0.25) is 11.2 Å². The van der Waals surface area contributed by atoms with Crippen LogP contribution in [0.1, 0.15) is 18.1 Å². The molecule has 32 heavy (non-hydrogen) atoms. The maximum atomic E-state index is 12.8. The first-order valence-corrected chi connectivity index (χ1v) is 10.2. The molecule has 0 saturated heterocycles. The molecule has 0 radical (unpaired) electrons. The Morgan fingerprint density at radius 2 is 1.78 bits per heavy atom. The average molecular weight is 430 g/mol. The summed E-state index contributed by atoms with van der Waals surface area (Å²) in [5.41, 5.74) is 1.94. The van der Waals surface area contributed by atoms with Crippen molar-refractivity contribution in [2.45, 2.75) is 26.6 Å². The van der Waals surface area contributed by atoms with E-state index in [0.29, 0.717) is 22.5 Å². The minimum absolute atomic E-state index is 0.0922. The van der Waals surface area contributed by atoms with Crippen molar-refractivity contribution < 1.29 is 23.4 Å². The third-order valence-electron chi connectivity index (χ3n) is 4.80. The molecule has 0 fully saturated rings. The number of benzene rings is 3. The van der Waals surface area contributed by atoms with Crippen molar-refractivity contribution in [2.24, 2.45) is 0 Å². The van der Waals surface area contributed by atoms with Crippen LogP contribution in [0.3, 0.4) is 0 Å². The van der Waals surface area contributed by atoms with Crippen LogP contribution in [-0.4, -0.2) is 12.1 Å². The van der Waals surface area contributed by atoms with Gasteiger partial charge in [-0.3, -0.25) is 4.79 Å². The van der Waals surface area contributed by atoms with E-state index < -0.39 is 12.1 Å². The molecule has 0 N–H and O–H groups in total. The minimum Gasteiger partial charge on any atom is -0.479 e. The third kappa shape index (κ3) is 4.98. The van der Waals surface area contributed by atoms with E-state index in [1.54, 1.807) is 31.2 Å². The van der Waals surface area contributed by atoms with Gasteiger partial charge in [0.05, 0.1) is 5.39 Å². The van der Waals surface area contributed by atoms with Crippen molar-refractivity contribution in [3.63, 3.8) is 0 Å². The van der Waals surface area contributed by atoms with E-state index in [1.165, 1.54) is 6.26 Å². The molecule has 162 valence electrons. The molecule has 0 aliphatic heterocycles. The van der Waals surface area contributed by atoms with Gasteiger partial charge in [-0.05, 0) is 49.2 Å². The first-order chi connectivity index (χ1) is 15.5. The maximum absolute atomic E-state index is 12.8. The number of aryl methyl sites for hydroxylation is 1. The Balaban J connectivity index is 1.45. The van der Waals surface area contributed by atoms with Crippen LogP contribution in [0.2, 0.25) is 0 Å². The Morgan fingerprint density at radius 1 is 0.969 bits per heavy atom. The molecule has 0 amide bonds. The molecule has 0 aliphatic rings. The summed E-state index contributed by atoms with van der Waals surface area (Å²) in [6, 6.07) is 21.6. The summed E-state index contributed by atoms with van der Waals surface area (Å²) in [7, 11) is 0. The van der Waals surface area contributed by atoms with Crippen molar-refractivity contribution in [1.29, 1.82) is 0 Å². The summed E-state index contributed by atoms with van der Waals surface area (Å²) >= 11 is 0. The van der Waals surface area contributed by atoms with Gasteiger partial charge in [-0.1, -0.05) is 42.5 Å². The van der Waals surface area contributed by atoms with E-state index in [1.807, 2.05) is 55.5 Å². The van der Waals surface area contributed by atoms with Gasteiger partial charge in [-0.2, -0.15) is 0 Å². The Bertz CT molecular complexity index is 1290. The molecule has 1 heterocycles. The van der Waals surface area contributed by atoms with Gasteiger partial charge in [-0.15, -0.1) is 0 Å². The molecule has 0 aliphatic carbocycles. The Hall–Kier alpha value is -4.06. The number of carbonyl (C=O) groups is 1. The van der Waals surface area contributed by atoms with Crippen molar-refractivity contribution in [1.82, 2.24) is 0 Å². The van der Waals surface area contributed by atoms with Gasteiger partial charge in [0, 0.05) is 6.07 Å². The summed E-state index contributed by atoms with van der Waals surface area (Å²) in [5.74, 6) is 0.545. The molecular formula is C26H22O6. The summed E-state index contributed by atoms with van der Waals surface area (Å²) < 4.78 is 22.3. The number of rotatable bonds is 7. The van der Waals surface area contributed by atoms with Crippen LogP contribution in [0.5, 0.6) is 17.2 Å². The van der Waals surface area contributed by atoms with Crippen molar-refractivity contribution >= 4 is 16.9 Å². The zero-order valence-electron chi connectivity index (χ0n) is 17.7. The molecule has 0 spiro atoms. The van der Waals surface area contributed by atoms with Crippen LogP contribution in [0.15, 0.2) is 88.3 Å². The fourth-order valence-electron chi connectivity index (χ4n) is 3.14. The SMILES string of the molecule is Cc1cccc(Oc2coc3cc(O[C@@H](C)C(=O)OCc4ccccc4)ccc3c2=O)c1. The Labute approximate surface area is 185 Å². The smallest absolute Gasteiger partial charge is 0.347 e. The molecule has 1 atom stereocenters. The highest BCUT2D eigenvalue weighted by molar-refractivity contribution is 5.79. The number of hydrogen-bond acceptors (Lipinski definition) is 6. The van der Waals surface area contributed by atoms with E-state index >= 15 is 0 Å². The van der Waals surface area contributed by atoms with E-state index in [-0.39, 0.29) is 17.8 Å². The lowest BCUT2D eigenvalue weighted by Gasteiger charge is -2.14. The van der Waals surface area contributed by atoms with Crippen LogP contribution < -0.4 is 14.9 Å². The minimum atomic E-state index is -0.827. The van der Waals surface area contributed by atoms with Crippen LogP contribution in [-0.2, 0) is 16.1 Å². The summed E-state index contributed by atoms with van der Waals surface area (Å²) in [5, 5.41) is 0.349. The highest BCUT2D eigenvalue weighted by atomic mass is 16.6. The topological polar surface area (TPSA) is 75.0 Å². The second kappa shape index (κ2) is 9.39. The monoisotopic (exact) mass is 430 g/mol. The quantitative estimate of drug-likeness (QED) is 0.365. The second-order valence-corrected chi connectivity index (χ2v) is 7.36. The van der Waals surface area contributed by atoms with E-state index in [2.05, 4.69) is 0 Å². The van der Waals surface area contributed by atoms with Gasteiger partial charge in [0.1, 0.15) is 30.0 Å². The Kier molecular flexibility index (Phi) is 6.22. The highest BCUT2D eigenvalue weighted by Crippen LogP contribution is 2.25. The first-order valence-electron chi connectivity index (χ1n) is 10.2. The van der Waals surface area contributed by atoms with Gasteiger partial charge < -0.3 is 18.6 Å². The summed E-state index contributed by atoms with van der Waals surface area (Å²) in [6.07, 6.45) is 0.445. The molecule has 4 rings (SSSR count). The number of ether oxygens (including phenoxy) is 3. The molecular weight excluding hydrogens is 408 g/mol. The normalized spacial score (nSPS) is 11.7. The fourth-order valence-corrected chi connectivity index (χ4v) is 3.14. The van der Waals surface area contributed by atoms with Crippen molar-refractivity contribution in [3.8, 4) is 17.2 Å². The molecule has 0 saturated carbocycles. The zero-order valence-corrected chi connectivity index (χ0v) is 17.7. The largest absolute Gasteiger partial charge is 0.479 e. The van der Waals surface area contributed by atoms with Crippen LogP contribution in [0.4, 0.5) is 0 Å². The van der Waals surface area contributed by atoms with Gasteiger partial charge in [0.15, 0.2) is 6.10 Å². The van der Waals surface area contributed by atoms with E-state index in [9.17, 15) is 9.59 Å². The van der Waals surface area contributed by atoms with E-state index in [4.69, 9.17) is 18.6 Å². The highest BCUT2D eigenvalue weighted by Gasteiger charge is 2.18. The molecule has 4 aromatic rings. The summed E-state index contributed by atoms with van der Waals surface area (Å²) in [6.45, 7) is 3.71. The standard InChI is InChI=1S/C26H22O6/c1-17-7-6-10-20(13-17)32-24-16-29-23-14-21(11-12-22(23)25(24)27)31-18(2)26(28)30-15-19-8-4-3-5-9-19/h3-14,16,18H,15H2,1-2H3/t18-/m0/s1. The predicted octanol–water partition coefficient (Wildman–Crippen LogP) is 5.40. The van der Waals surface area contributed by atoms with E-state index in [0.717, 1.165) is 11.1 Å².